The van der Waals surface area contributed by atoms with Crippen molar-refractivity contribution in [2.24, 2.45) is 16.8 Å². The predicted octanol–water partition coefficient (Wildman–Crippen LogP) is 3.46. The highest BCUT2D eigenvalue weighted by molar-refractivity contribution is 8.00. The van der Waals surface area contributed by atoms with Gasteiger partial charge in [0.05, 0.1) is 7.11 Å². The molecule has 1 aliphatic rings. The molecule has 0 bridgehead atoms. The van der Waals surface area contributed by atoms with Crippen LogP contribution in [0.25, 0.3) is 0 Å². The van der Waals surface area contributed by atoms with Gasteiger partial charge in [0.1, 0.15) is 5.75 Å². The van der Waals surface area contributed by atoms with E-state index in [0.29, 0.717) is 5.25 Å². The first kappa shape index (κ1) is 15.0. The van der Waals surface area contributed by atoms with E-state index in [4.69, 9.17) is 15.7 Å². The van der Waals surface area contributed by atoms with Crippen LogP contribution in [-0.2, 0) is 0 Å². The molecule has 1 aliphatic carbocycles. The smallest absolute Gasteiger partial charge is 0.171 e. The van der Waals surface area contributed by atoms with E-state index in [-0.39, 0.29) is 5.84 Å². The average Bonchev–Trinajstić information content (AvgIpc) is 2.46. The maximum Gasteiger partial charge on any atom is 0.171 e. The summed E-state index contributed by atoms with van der Waals surface area (Å²) in [4.78, 5) is 1.03. The monoisotopic (exact) mass is 294 g/mol. The second-order valence-electron chi connectivity index (χ2n) is 5.36. The molecule has 5 heteroatoms. The van der Waals surface area contributed by atoms with E-state index in [1.54, 1.807) is 7.11 Å². The van der Waals surface area contributed by atoms with Gasteiger partial charge in [-0.3, -0.25) is 0 Å². The van der Waals surface area contributed by atoms with Gasteiger partial charge in [-0.05, 0) is 37.0 Å². The summed E-state index contributed by atoms with van der Waals surface area (Å²) in [5.74, 6) is 1.73. The van der Waals surface area contributed by atoms with Gasteiger partial charge in [-0.15, -0.1) is 11.8 Å². The first-order chi connectivity index (χ1) is 9.63. The fourth-order valence-corrected chi connectivity index (χ4v) is 4.21. The van der Waals surface area contributed by atoms with Crippen LogP contribution in [0.2, 0.25) is 0 Å². The highest BCUT2D eigenvalue weighted by atomic mass is 32.2. The molecule has 2 rings (SSSR count). The second-order valence-corrected chi connectivity index (χ2v) is 6.70. The van der Waals surface area contributed by atoms with Crippen molar-refractivity contribution >= 4 is 17.6 Å². The maximum absolute atomic E-state index is 8.91. The third-order valence-electron chi connectivity index (χ3n) is 3.75. The number of rotatable bonds is 4. The number of hydrogen-bond acceptors (Lipinski definition) is 4. The maximum atomic E-state index is 8.91. The number of nitrogens with two attached hydrogens (primary N) is 1. The minimum absolute atomic E-state index is 0.152. The zero-order valence-corrected chi connectivity index (χ0v) is 12.8. The molecular weight excluding hydrogens is 272 g/mol. The molecule has 0 aliphatic heterocycles. The molecular formula is C15H22N2O2S. The topological polar surface area (TPSA) is 67.8 Å². The van der Waals surface area contributed by atoms with E-state index in [1.165, 1.54) is 25.7 Å². The Morgan fingerprint density at radius 2 is 2.25 bits per heavy atom. The zero-order valence-electron chi connectivity index (χ0n) is 12.0. The highest BCUT2D eigenvalue weighted by Gasteiger charge is 2.21. The standard InChI is InChI=1S/C15H22N2O2S/c1-10-4-3-5-12(8-10)20-14-9-11(19-2)6-7-13(14)15(16)17-18/h6-7,9-10,12,18H,3-5,8H2,1-2H3,(H2,16,17). The Morgan fingerprint density at radius 1 is 1.45 bits per heavy atom. The van der Waals surface area contributed by atoms with Crippen molar-refractivity contribution in [3.63, 3.8) is 0 Å². The molecule has 1 aromatic rings. The Balaban J connectivity index is 2.23. The lowest BCUT2D eigenvalue weighted by Crippen LogP contribution is -2.17. The first-order valence-corrected chi connectivity index (χ1v) is 7.84. The Morgan fingerprint density at radius 3 is 2.90 bits per heavy atom. The Bertz CT molecular complexity index is 491. The minimum Gasteiger partial charge on any atom is -0.497 e. The Labute approximate surface area is 124 Å². The van der Waals surface area contributed by atoms with Crippen LogP contribution in [0.1, 0.15) is 38.2 Å². The lowest BCUT2D eigenvalue weighted by molar-refractivity contribution is 0.318. The van der Waals surface area contributed by atoms with Crippen molar-refractivity contribution in [1.82, 2.24) is 0 Å². The SMILES string of the molecule is COc1ccc(/C(N)=N/O)c(SC2CCCC(C)C2)c1. The summed E-state index contributed by atoms with van der Waals surface area (Å²) in [6.45, 7) is 2.31. The number of hydrogen-bond donors (Lipinski definition) is 2. The molecule has 4 nitrogen and oxygen atoms in total. The molecule has 0 aromatic heterocycles. The van der Waals surface area contributed by atoms with E-state index >= 15 is 0 Å². The number of methoxy groups -OCH3 is 1. The third kappa shape index (κ3) is 3.60. The highest BCUT2D eigenvalue weighted by Crippen LogP contribution is 2.38. The largest absolute Gasteiger partial charge is 0.497 e. The molecule has 3 N–H and O–H groups in total. The quantitative estimate of drug-likeness (QED) is 0.386. The van der Waals surface area contributed by atoms with Gasteiger partial charge >= 0.3 is 0 Å². The molecule has 0 radical (unpaired) electrons. The van der Waals surface area contributed by atoms with E-state index in [2.05, 4.69) is 12.1 Å². The molecule has 2 unspecified atom stereocenters. The zero-order chi connectivity index (χ0) is 14.5. The first-order valence-electron chi connectivity index (χ1n) is 6.96. The van der Waals surface area contributed by atoms with Crippen LogP contribution in [0.5, 0.6) is 5.75 Å². The van der Waals surface area contributed by atoms with Crippen LogP contribution in [0, 0.1) is 5.92 Å². The van der Waals surface area contributed by atoms with Gasteiger partial charge in [0.25, 0.3) is 0 Å². The molecule has 0 heterocycles. The van der Waals surface area contributed by atoms with Crippen molar-refractivity contribution < 1.29 is 9.94 Å². The van der Waals surface area contributed by atoms with Gasteiger partial charge in [0.2, 0.25) is 0 Å². The molecule has 1 fully saturated rings. The molecule has 0 saturated heterocycles. The number of amidine groups is 1. The summed E-state index contributed by atoms with van der Waals surface area (Å²) >= 11 is 1.82. The van der Waals surface area contributed by atoms with Gasteiger partial charge in [0.15, 0.2) is 5.84 Å². The number of oxime groups is 1. The fraction of sp³-hybridized carbons (Fsp3) is 0.533. The number of benzene rings is 1. The van der Waals surface area contributed by atoms with Crippen LogP contribution in [0.3, 0.4) is 0 Å². The lowest BCUT2D eigenvalue weighted by atomic mass is 9.91. The molecule has 1 aromatic carbocycles. The predicted molar refractivity (Wildman–Crippen MR) is 82.8 cm³/mol. The van der Waals surface area contributed by atoms with Crippen molar-refractivity contribution in [2.75, 3.05) is 7.11 Å². The molecule has 2 atom stereocenters. The van der Waals surface area contributed by atoms with E-state index in [0.717, 1.165) is 22.1 Å². The summed E-state index contributed by atoms with van der Waals surface area (Å²) in [6.07, 6.45) is 5.04. The van der Waals surface area contributed by atoms with Crippen molar-refractivity contribution in [2.45, 2.75) is 42.8 Å². The Kier molecular flexibility index (Phi) is 5.17. The number of thioether (sulfide) groups is 1. The summed E-state index contributed by atoms with van der Waals surface area (Å²) < 4.78 is 5.28. The summed E-state index contributed by atoms with van der Waals surface area (Å²) in [7, 11) is 1.65. The fourth-order valence-electron chi connectivity index (χ4n) is 2.66. The average molecular weight is 294 g/mol. The summed E-state index contributed by atoms with van der Waals surface area (Å²) in [6, 6.07) is 5.65. The third-order valence-corrected chi connectivity index (χ3v) is 5.11. The van der Waals surface area contributed by atoms with Crippen LogP contribution >= 0.6 is 11.8 Å². The number of nitrogens with zero attached hydrogens (tertiary/aromatic N) is 1. The molecule has 0 amide bonds. The van der Waals surface area contributed by atoms with E-state index < -0.39 is 0 Å². The second kappa shape index (κ2) is 6.88. The molecule has 1 saturated carbocycles. The van der Waals surface area contributed by atoms with Gasteiger partial charge < -0.3 is 15.7 Å². The number of ether oxygens (including phenoxy) is 1. The van der Waals surface area contributed by atoms with Crippen molar-refractivity contribution in [1.29, 1.82) is 0 Å². The lowest BCUT2D eigenvalue weighted by Gasteiger charge is -2.26. The van der Waals surface area contributed by atoms with Crippen LogP contribution in [-0.4, -0.2) is 23.4 Å². The summed E-state index contributed by atoms with van der Waals surface area (Å²) in [5, 5.41) is 12.6. The van der Waals surface area contributed by atoms with Crippen molar-refractivity contribution in [3.8, 4) is 5.75 Å². The van der Waals surface area contributed by atoms with Gasteiger partial charge in [-0.1, -0.05) is 24.9 Å². The van der Waals surface area contributed by atoms with Crippen molar-refractivity contribution in [3.05, 3.63) is 23.8 Å². The van der Waals surface area contributed by atoms with Crippen LogP contribution < -0.4 is 10.5 Å². The van der Waals surface area contributed by atoms with Gasteiger partial charge in [-0.25, -0.2) is 0 Å². The Hall–Kier alpha value is -1.36. The molecule has 20 heavy (non-hydrogen) atoms. The van der Waals surface area contributed by atoms with Crippen LogP contribution in [0.4, 0.5) is 0 Å². The van der Waals surface area contributed by atoms with E-state index in [1.807, 2.05) is 30.0 Å². The molecule has 110 valence electrons. The van der Waals surface area contributed by atoms with Gasteiger partial charge in [0, 0.05) is 15.7 Å². The minimum atomic E-state index is 0.152. The summed E-state index contributed by atoms with van der Waals surface area (Å²) in [5.41, 5.74) is 6.54. The molecule has 0 spiro atoms. The normalized spacial score (nSPS) is 23.6. The van der Waals surface area contributed by atoms with Crippen LogP contribution in [0.15, 0.2) is 28.3 Å². The van der Waals surface area contributed by atoms with Gasteiger partial charge in [-0.2, -0.15) is 0 Å². The van der Waals surface area contributed by atoms with E-state index in [9.17, 15) is 0 Å².